The Morgan fingerprint density at radius 2 is 2.00 bits per heavy atom. The molecule has 0 spiro atoms. The van der Waals surface area contributed by atoms with Gasteiger partial charge in [-0.15, -0.1) is 0 Å². The Bertz CT molecular complexity index is 735. The molecule has 2 heterocycles. The molecule has 4 rings (SSSR count). The van der Waals surface area contributed by atoms with Crippen LogP contribution in [0.15, 0.2) is 42.7 Å². The number of anilines is 2. The van der Waals surface area contributed by atoms with Crippen molar-refractivity contribution in [1.29, 1.82) is 0 Å². The molecule has 1 aromatic heterocycles. The van der Waals surface area contributed by atoms with Crippen molar-refractivity contribution in [3.8, 4) is 0 Å². The first-order valence-corrected chi connectivity index (χ1v) is 8.83. The highest BCUT2D eigenvalue weighted by Crippen LogP contribution is 2.45. The largest absolute Gasteiger partial charge is 0.377 e. The number of fused-ring (bicyclic) bond motifs is 1. The number of carbonyl (C=O) groups is 1. The molecular weight excluding hydrogens is 316 g/mol. The molecule has 1 saturated heterocycles. The van der Waals surface area contributed by atoms with Gasteiger partial charge in [-0.25, -0.2) is 9.97 Å². The molecule has 1 aliphatic carbocycles. The van der Waals surface area contributed by atoms with Gasteiger partial charge in [-0.1, -0.05) is 25.1 Å². The van der Waals surface area contributed by atoms with E-state index in [1.807, 2.05) is 30.3 Å². The van der Waals surface area contributed by atoms with E-state index in [1.165, 1.54) is 0 Å². The number of carbonyl (C=O) groups excluding carboxylic acids is 1. The number of ether oxygens (including phenoxy) is 1. The van der Waals surface area contributed by atoms with Crippen LogP contribution in [0.2, 0.25) is 0 Å². The number of benzene rings is 1. The number of hydrogen-bond donors (Lipinski definition) is 2. The molecule has 2 aromatic rings. The van der Waals surface area contributed by atoms with E-state index < -0.39 is 0 Å². The van der Waals surface area contributed by atoms with Crippen molar-refractivity contribution >= 4 is 17.5 Å². The summed E-state index contributed by atoms with van der Waals surface area (Å²) in [6, 6.07) is 9.90. The normalized spacial score (nSPS) is 27.2. The first-order chi connectivity index (χ1) is 12.3. The molecule has 2 fully saturated rings. The first kappa shape index (κ1) is 16.0. The summed E-state index contributed by atoms with van der Waals surface area (Å²) in [6.45, 7) is 2.95. The molecule has 130 valence electrons. The zero-order valence-electron chi connectivity index (χ0n) is 14.2. The lowest BCUT2D eigenvalue weighted by Gasteiger charge is -2.47. The van der Waals surface area contributed by atoms with Crippen molar-refractivity contribution < 1.29 is 9.53 Å². The van der Waals surface area contributed by atoms with Crippen molar-refractivity contribution in [2.45, 2.75) is 31.9 Å². The minimum absolute atomic E-state index is 0.111. The van der Waals surface area contributed by atoms with Gasteiger partial charge in [-0.3, -0.25) is 4.79 Å². The Morgan fingerprint density at radius 1 is 1.24 bits per heavy atom. The van der Waals surface area contributed by atoms with Crippen LogP contribution in [0, 0.1) is 11.8 Å². The Morgan fingerprint density at radius 3 is 2.72 bits per heavy atom. The Kier molecular flexibility index (Phi) is 4.36. The number of rotatable bonds is 5. The third kappa shape index (κ3) is 3.09. The van der Waals surface area contributed by atoms with Crippen molar-refractivity contribution in [3.05, 3.63) is 48.3 Å². The second-order valence-corrected chi connectivity index (χ2v) is 6.65. The molecule has 1 saturated carbocycles. The summed E-state index contributed by atoms with van der Waals surface area (Å²) >= 11 is 0. The number of hydrogen-bond acceptors (Lipinski definition) is 5. The van der Waals surface area contributed by atoms with Gasteiger partial charge in [0.1, 0.15) is 0 Å². The van der Waals surface area contributed by atoms with Gasteiger partial charge < -0.3 is 15.4 Å². The van der Waals surface area contributed by atoms with Gasteiger partial charge in [0, 0.05) is 42.6 Å². The number of aromatic nitrogens is 2. The summed E-state index contributed by atoms with van der Waals surface area (Å²) in [6.07, 6.45) is 5.50. The number of nitrogens with zero attached hydrogens (tertiary/aromatic N) is 2. The molecule has 0 unspecified atom stereocenters. The second-order valence-electron chi connectivity index (χ2n) is 6.65. The summed E-state index contributed by atoms with van der Waals surface area (Å²) < 4.78 is 5.76. The van der Waals surface area contributed by atoms with Gasteiger partial charge in [-0.05, 0) is 25.0 Å². The zero-order chi connectivity index (χ0) is 17.2. The molecule has 1 amide bonds. The van der Waals surface area contributed by atoms with Gasteiger partial charge >= 0.3 is 0 Å². The molecule has 1 aromatic carbocycles. The molecule has 0 radical (unpaired) electrons. The molecule has 6 nitrogen and oxygen atoms in total. The van der Waals surface area contributed by atoms with E-state index in [0.29, 0.717) is 29.5 Å². The van der Waals surface area contributed by atoms with E-state index in [-0.39, 0.29) is 11.9 Å². The van der Waals surface area contributed by atoms with Crippen LogP contribution in [-0.2, 0) is 4.74 Å². The lowest BCUT2D eigenvalue weighted by molar-refractivity contribution is -0.0545. The third-order valence-corrected chi connectivity index (χ3v) is 5.24. The number of nitrogens with one attached hydrogen (secondary N) is 2. The predicted octanol–water partition coefficient (Wildman–Crippen LogP) is 2.76. The quantitative estimate of drug-likeness (QED) is 0.877. The fourth-order valence-electron chi connectivity index (χ4n) is 3.92. The smallest absolute Gasteiger partial charge is 0.254 e. The van der Waals surface area contributed by atoms with Gasteiger partial charge in [0.25, 0.3) is 5.91 Å². The van der Waals surface area contributed by atoms with E-state index in [9.17, 15) is 4.79 Å². The van der Waals surface area contributed by atoms with E-state index in [2.05, 4.69) is 27.5 Å². The SMILES string of the molecule is CC[C@@H]1[C@@H](NC(=O)c2cnc(Nc3ccccc3)nc2)[C@@H]2CCO[C@H]12. The van der Waals surface area contributed by atoms with Gasteiger partial charge in [0.05, 0.1) is 11.7 Å². The van der Waals surface area contributed by atoms with Gasteiger partial charge in [0.2, 0.25) is 5.95 Å². The highest BCUT2D eigenvalue weighted by Gasteiger charge is 2.53. The van der Waals surface area contributed by atoms with Crippen molar-refractivity contribution in [1.82, 2.24) is 15.3 Å². The van der Waals surface area contributed by atoms with Crippen molar-refractivity contribution in [3.63, 3.8) is 0 Å². The summed E-state index contributed by atoms with van der Waals surface area (Å²) in [5.41, 5.74) is 1.39. The number of para-hydroxylation sites is 1. The van der Waals surface area contributed by atoms with Crippen LogP contribution in [0.3, 0.4) is 0 Å². The average molecular weight is 338 g/mol. The molecule has 25 heavy (non-hydrogen) atoms. The third-order valence-electron chi connectivity index (χ3n) is 5.24. The van der Waals surface area contributed by atoms with Crippen LogP contribution in [-0.4, -0.2) is 34.6 Å². The lowest BCUT2D eigenvalue weighted by atomic mass is 9.65. The average Bonchev–Trinajstić information content (AvgIpc) is 3.06. The van der Waals surface area contributed by atoms with Crippen LogP contribution in [0.5, 0.6) is 0 Å². The maximum absolute atomic E-state index is 12.5. The van der Waals surface area contributed by atoms with Crippen LogP contribution in [0.1, 0.15) is 30.1 Å². The summed E-state index contributed by atoms with van der Waals surface area (Å²) in [7, 11) is 0. The topological polar surface area (TPSA) is 76.1 Å². The maximum Gasteiger partial charge on any atom is 0.254 e. The van der Waals surface area contributed by atoms with Gasteiger partial charge in [0.15, 0.2) is 0 Å². The van der Waals surface area contributed by atoms with E-state index in [1.54, 1.807) is 12.4 Å². The Hall–Kier alpha value is -2.47. The van der Waals surface area contributed by atoms with Crippen LogP contribution in [0.25, 0.3) is 0 Å². The minimum Gasteiger partial charge on any atom is -0.377 e. The highest BCUT2D eigenvalue weighted by molar-refractivity contribution is 5.94. The van der Waals surface area contributed by atoms with Gasteiger partial charge in [-0.2, -0.15) is 0 Å². The fraction of sp³-hybridized carbons (Fsp3) is 0.421. The predicted molar refractivity (Wildman–Crippen MR) is 94.6 cm³/mol. The molecule has 1 aliphatic heterocycles. The van der Waals surface area contributed by atoms with E-state index >= 15 is 0 Å². The fourth-order valence-corrected chi connectivity index (χ4v) is 3.92. The molecule has 2 aliphatic rings. The lowest BCUT2D eigenvalue weighted by Crippen LogP contribution is -2.61. The Labute approximate surface area is 147 Å². The standard InChI is InChI=1S/C19H22N4O2/c1-2-14-16(15-8-9-25-17(14)15)23-18(24)12-10-20-19(21-11-12)22-13-6-4-3-5-7-13/h3-7,10-11,14-17H,2,8-9H2,1H3,(H,23,24)(H,20,21,22)/t14-,15+,16-,17-/m1/s1. The van der Waals surface area contributed by atoms with Crippen LogP contribution < -0.4 is 10.6 Å². The molecule has 6 heteroatoms. The van der Waals surface area contributed by atoms with E-state index in [4.69, 9.17) is 4.74 Å². The zero-order valence-corrected chi connectivity index (χ0v) is 14.2. The molecule has 0 bridgehead atoms. The monoisotopic (exact) mass is 338 g/mol. The second kappa shape index (κ2) is 6.80. The number of amides is 1. The van der Waals surface area contributed by atoms with Crippen LogP contribution in [0.4, 0.5) is 11.6 Å². The highest BCUT2D eigenvalue weighted by atomic mass is 16.5. The minimum atomic E-state index is -0.111. The molecule has 2 N–H and O–H groups in total. The first-order valence-electron chi connectivity index (χ1n) is 8.83. The summed E-state index contributed by atoms with van der Waals surface area (Å²) in [5, 5.41) is 6.26. The molecule has 4 atom stereocenters. The maximum atomic E-state index is 12.5. The van der Waals surface area contributed by atoms with Crippen LogP contribution >= 0.6 is 0 Å². The van der Waals surface area contributed by atoms with Crippen molar-refractivity contribution in [2.24, 2.45) is 11.8 Å². The molecular formula is C19H22N4O2. The Balaban J connectivity index is 1.39. The summed E-state index contributed by atoms with van der Waals surface area (Å²) in [4.78, 5) is 21.0. The van der Waals surface area contributed by atoms with E-state index in [0.717, 1.165) is 25.1 Å². The summed E-state index contributed by atoms with van der Waals surface area (Å²) in [5.74, 6) is 1.23. The van der Waals surface area contributed by atoms with Crippen molar-refractivity contribution in [2.75, 3.05) is 11.9 Å².